The SMILES string of the molecule is Cc1c(/C(=N\O)c2ccccc2F)c2ccccc2n1CCN1CCOCC1. The highest BCUT2D eigenvalue weighted by molar-refractivity contribution is 6.20. The first kappa shape index (κ1) is 18.7. The molecule has 0 spiro atoms. The van der Waals surface area contributed by atoms with Gasteiger partial charge in [0.05, 0.1) is 13.2 Å². The molecule has 0 aliphatic carbocycles. The van der Waals surface area contributed by atoms with Crippen molar-refractivity contribution in [2.75, 3.05) is 32.8 Å². The summed E-state index contributed by atoms with van der Waals surface area (Å²) in [7, 11) is 0. The number of halogens is 1. The molecule has 3 aromatic rings. The third kappa shape index (κ3) is 3.41. The Balaban J connectivity index is 1.76. The first-order valence-electron chi connectivity index (χ1n) is 9.56. The maximum atomic E-state index is 14.4. The molecule has 1 saturated heterocycles. The summed E-state index contributed by atoms with van der Waals surface area (Å²) in [6, 6.07) is 14.4. The van der Waals surface area contributed by atoms with Gasteiger partial charge in [0.1, 0.15) is 11.5 Å². The van der Waals surface area contributed by atoms with Crippen molar-refractivity contribution >= 4 is 16.6 Å². The summed E-state index contributed by atoms with van der Waals surface area (Å²) in [6.45, 7) is 7.13. The molecule has 1 fully saturated rings. The van der Waals surface area contributed by atoms with Crippen molar-refractivity contribution in [3.05, 3.63) is 71.2 Å². The van der Waals surface area contributed by atoms with Crippen molar-refractivity contribution in [3.63, 3.8) is 0 Å². The Hall–Kier alpha value is -2.70. The summed E-state index contributed by atoms with van der Waals surface area (Å²) in [5.41, 5.74) is 3.34. The molecule has 146 valence electrons. The fraction of sp³-hybridized carbons (Fsp3) is 0.318. The van der Waals surface area contributed by atoms with Gasteiger partial charge >= 0.3 is 0 Å². The van der Waals surface area contributed by atoms with E-state index in [1.807, 2.05) is 25.1 Å². The quantitative estimate of drug-likeness (QED) is 0.417. The molecule has 0 radical (unpaired) electrons. The molecule has 6 heteroatoms. The molecule has 0 unspecified atom stereocenters. The molecule has 1 aliphatic heterocycles. The molecule has 0 atom stereocenters. The second kappa shape index (κ2) is 8.12. The molecule has 0 amide bonds. The highest BCUT2D eigenvalue weighted by atomic mass is 19.1. The van der Waals surface area contributed by atoms with E-state index >= 15 is 0 Å². The van der Waals surface area contributed by atoms with Crippen LogP contribution < -0.4 is 0 Å². The molecule has 4 rings (SSSR count). The highest BCUT2D eigenvalue weighted by Crippen LogP contribution is 2.29. The molecule has 2 heterocycles. The molecule has 2 aromatic carbocycles. The second-order valence-electron chi connectivity index (χ2n) is 7.01. The number of morpholine rings is 1. The lowest BCUT2D eigenvalue weighted by molar-refractivity contribution is 0.0365. The minimum Gasteiger partial charge on any atom is -0.410 e. The van der Waals surface area contributed by atoms with Crippen molar-refractivity contribution < 1.29 is 14.3 Å². The molecular weight excluding hydrogens is 357 g/mol. The van der Waals surface area contributed by atoms with Gasteiger partial charge in [0.25, 0.3) is 0 Å². The summed E-state index contributed by atoms with van der Waals surface area (Å²) in [5, 5.41) is 14.2. The van der Waals surface area contributed by atoms with Crippen molar-refractivity contribution in [3.8, 4) is 0 Å². The summed E-state index contributed by atoms with van der Waals surface area (Å²) in [6.07, 6.45) is 0. The maximum Gasteiger partial charge on any atom is 0.132 e. The predicted molar refractivity (Wildman–Crippen MR) is 108 cm³/mol. The Morgan fingerprint density at radius 2 is 1.79 bits per heavy atom. The summed E-state index contributed by atoms with van der Waals surface area (Å²) < 4.78 is 22.1. The van der Waals surface area contributed by atoms with Crippen LogP contribution >= 0.6 is 0 Å². The first-order chi connectivity index (χ1) is 13.7. The van der Waals surface area contributed by atoms with Gasteiger partial charge in [-0.3, -0.25) is 4.90 Å². The monoisotopic (exact) mass is 381 g/mol. The number of rotatable bonds is 5. The van der Waals surface area contributed by atoms with Crippen LogP contribution in [0.15, 0.2) is 53.7 Å². The Morgan fingerprint density at radius 3 is 2.54 bits per heavy atom. The number of ether oxygens (including phenoxy) is 1. The largest absolute Gasteiger partial charge is 0.410 e. The molecule has 1 aromatic heterocycles. The molecule has 28 heavy (non-hydrogen) atoms. The van der Waals surface area contributed by atoms with E-state index in [2.05, 4.69) is 20.7 Å². The molecular formula is C22H24FN3O2. The van der Waals surface area contributed by atoms with Gasteiger partial charge in [-0.1, -0.05) is 35.5 Å². The fourth-order valence-corrected chi connectivity index (χ4v) is 3.98. The average molecular weight is 381 g/mol. The molecule has 0 bridgehead atoms. The third-order valence-electron chi connectivity index (χ3n) is 5.44. The average Bonchev–Trinajstić information content (AvgIpc) is 3.01. The zero-order chi connectivity index (χ0) is 19.5. The minimum atomic E-state index is -0.403. The van der Waals surface area contributed by atoms with Crippen molar-refractivity contribution in [2.24, 2.45) is 5.16 Å². The highest BCUT2D eigenvalue weighted by Gasteiger charge is 2.22. The van der Waals surface area contributed by atoms with Crippen molar-refractivity contribution in [1.29, 1.82) is 0 Å². The summed E-state index contributed by atoms with van der Waals surface area (Å²) >= 11 is 0. The molecule has 1 aliphatic rings. The number of hydrogen-bond donors (Lipinski definition) is 1. The zero-order valence-electron chi connectivity index (χ0n) is 15.9. The van der Waals surface area contributed by atoms with Gasteiger partial charge in [-0.25, -0.2) is 4.39 Å². The van der Waals surface area contributed by atoms with E-state index < -0.39 is 5.82 Å². The fourth-order valence-electron chi connectivity index (χ4n) is 3.98. The Kier molecular flexibility index (Phi) is 5.41. The van der Waals surface area contributed by atoms with Crippen molar-refractivity contribution in [2.45, 2.75) is 13.5 Å². The van der Waals surface area contributed by atoms with Crippen LogP contribution in [0.1, 0.15) is 16.8 Å². The van der Waals surface area contributed by atoms with E-state index in [1.165, 1.54) is 6.07 Å². The smallest absolute Gasteiger partial charge is 0.132 e. The number of fused-ring (bicyclic) bond motifs is 1. The van der Waals surface area contributed by atoms with Crippen LogP contribution in [0.2, 0.25) is 0 Å². The number of para-hydroxylation sites is 1. The number of aromatic nitrogens is 1. The van der Waals surface area contributed by atoms with Gasteiger partial charge in [-0.15, -0.1) is 0 Å². The van der Waals surface area contributed by atoms with Gasteiger partial charge in [0, 0.05) is 53.9 Å². The minimum absolute atomic E-state index is 0.261. The normalized spacial score (nSPS) is 16.0. The van der Waals surface area contributed by atoms with E-state index in [9.17, 15) is 9.60 Å². The third-order valence-corrected chi connectivity index (χ3v) is 5.44. The maximum absolute atomic E-state index is 14.4. The lowest BCUT2D eigenvalue weighted by Gasteiger charge is -2.27. The number of oxime groups is 1. The number of benzene rings is 2. The van der Waals surface area contributed by atoms with E-state index in [1.54, 1.807) is 18.2 Å². The van der Waals surface area contributed by atoms with Crippen LogP contribution in [0.4, 0.5) is 4.39 Å². The van der Waals surface area contributed by atoms with Crippen molar-refractivity contribution in [1.82, 2.24) is 9.47 Å². The van der Waals surface area contributed by atoms with Gasteiger partial charge < -0.3 is 14.5 Å². The Bertz CT molecular complexity index is 1010. The Labute approximate surface area is 163 Å². The number of nitrogens with zero attached hydrogens (tertiary/aromatic N) is 3. The van der Waals surface area contributed by atoms with Crippen LogP contribution in [0.3, 0.4) is 0 Å². The topological polar surface area (TPSA) is 50.0 Å². The molecule has 5 nitrogen and oxygen atoms in total. The van der Waals surface area contributed by atoms with E-state index in [4.69, 9.17) is 4.74 Å². The van der Waals surface area contributed by atoms with E-state index in [0.29, 0.717) is 5.56 Å². The summed E-state index contributed by atoms with van der Waals surface area (Å²) in [4.78, 5) is 2.38. The molecule has 1 N–H and O–H groups in total. The van der Waals surface area contributed by atoms with Gasteiger partial charge in [0.15, 0.2) is 0 Å². The van der Waals surface area contributed by atoms with E-state index in [0.717, 1.165) is 61.6 Å². The first-order valence-corrected chi connectivity index (χ1v) is 9.56. The van der Waals surface area contributed by atoms with Crippen LogP contribution in [0, 0.1) is 12.7 Å². The summed E-state index contributed by atoms with van der Waals surface area (Å²) in [5.74, 6) is -0.403. The second-order valence-corrected chi connectivity index (χ2v) is 7.01. The zero-order valence-corrected chi connectivity index (χ0v) is 15.9. The van der Waals surface area contributed by atoms with E-state index in [-0.39, 0.29) is 5.71 Å². The lowest BCUT2D eigenvalue weighted by Crippen LogP contribution is -2.38. The van der Waals surface area contributed by atoms with Gasteiger partial charge in [0.2, 0.25) is 0 Å². The number of hydrogen-bond acceptors (Lipinski definition) is 4. The van der Waals surface area contributed by atoms with Gasteiger partial charge in [-0.2, -0.15) is 0 Å². The molecule has 0 saturated carbocycles. The van der Waals surface area contributed by atoms with Crippen LogP contribution in [0.5, 0.6) is 0 Å². The lowest BCUT2D eigenvalue weighted by atomic mass is 9.99. The van der Waals surface area contributed by atoms with Crippen LogP contribution in [0.25, 0.3) is 10.9 Å². The Morgan fingerprint density at radius 1 is 1.07 bits per heavy atom. The van der Waals surface area contributed by atoms with Crippen LogP contribution in [-0.4, -0.2) is 53.2 Å². The van der Waals surface area contributed by atoms with Gasteiger partial charge in [-0.05, 0) is 25.1 Å². The standard InChI is InChI=1S/C22H24FN3O2/c1-16-21(22(24-27)17-6-2-4-8-19(17)23)18-7-3-5-9-20(18)26(16)11-10-25-12-14-28-15-13-25/h2-9,27H,10-15H2,1H3/b24-22-. The van der Waals surface area contributed by atoms with Crippen LogP contribution in [-0.2, 0) is 11.3 Å². The predicted octanol–water partition coefficient (Wildman–Crippen LogP) is 3.65.